The molecule has 1 amide bonds. The third-order valence-corrected chi connectivity index (χ3v) is 8.11. The Bertz CT molecular complexity index is 1710. The largest absolute Gasteiger partial charge is 0.497 e. The molecule has 0 aliphatic heterocycles. The highest BCUT2D eigenvalue weighted by Crippen LogP contribution is 2.44. The molecule has 0 bridgehead atoms. The second-order valence-corrected chi connectivity index (χ2v) is 11.3. The van der Waals surface area contributed by atoms with Gasteiger partial charge in [-0.1, -0.05) is 55.5 Å². The van der Waals surface area contributed by atoms with Crippen molar-refractivity contribution in [1.82, 2.24) is 25.0 Å². The number of hydrogen-bond donors (Lipinski definition) is 1. The minimum atomic E-state index is -0.870. The van der Waals surface area contributed by atoms with Crippen molar-refractivity contribution in [1.29, 1.82) is 0 Å². The molecule has 0 radical (unpaired) electrons. The van der Waals surface area contributed by atoms with Gasteiger partial charge in [0.15, 0.2) is 0 Å². The summed E-state index contributed by atoms with van der Waals surface area (Å²) in [5.41, 5.74) is 7.80. The minimum Gasteiger partial charge on any atom is -0.497 e. The first-order chi connectivity index (χ1) is 20.7. The summed E-state index contributed by atoms with van der Waals surface area (Å²) >= 11 is 0. The van der Waals surface area contributed by atoms with E-state index in [1.54, 1.807) is 19.5 Å². The van der Waals surface area contributed by atoms with Crippen molar-refractivity contribution in [3.05, 3.63) is 107 Å². The normalized spacial score (nSPS) is 12.3. The number of ether oxygens (including phenoxy) is 2. The van der Waals surface area contributed by atoms with Crippen molar-refractivity contribution in [3.8, 4) is 5.75 Å². The molecule has 1 N–H and O–H groups in total. The van der Waals surface area contributed by atoms with E-state index in [2.05, 4.69) is 69.8 Å². The van der Waals surface area contributed by atoms with Crippen molar-refractivity contribution >= 4 is 22.6 Å². The van der Waals surface area contributed by atoms with Crippen LogP contribution in [0.3, 0.4) is 0 Å². The summed E-state index contributed by atoms with van der Waals surface area (Å²) in [6.45, 7) is 11.8. The Hall–Kier alpha value is -4.63. The molecule has 0 fully saturated rings. The van der Waals surface area contributed by atoms with Gasteiger partial charge in [0.25, 0.3) is 0 Å². The monoisotopic (exact) mass is 578 g/mol. The number of nitrogens with zero attached hydrogens (tertiary/aromatic N) is 5. The van der Waals surface area contributed by atoms with Crippen LogP contribution in [0.25, 0.3) is 11.0 Å². The molecule has 1 atom stereocenters. The van der Waals surface area contributed by atoms with E-state index in [9.17, 15) is 4.79 Å². The molecule has 0 spiro atoms. The zero-order valence-corrected chi connectivity index (χ0v) is 25.6. The zero-order valence-electron chi connectivity index (χ0n) is 25.6. The van der Waals surface area contributed by atoms with E-state index < -0.39 is 5.41 Å². The van der Waals surface area contributed by atoms with Gasteiger partial charge in [0.1, 0.15) is 17.6 Å². The fourth-order valence-electron chi connectivity index (χ4n) is 5.53. The fraction of sp³-hybridized carbons (Fsp3) is 0.324. The quantitative estimate of drug-likeness (QED) is 0.194. The van der Waals surface area contributed by atoms with E-state index in [-0.39, 0.29) is 11.8 Å². The van der Waals surface area contributed by atoms with E-state index in [1.807, 2.05) is 49.7 Å². The molecule has 2 heterocycles. The van der Waals surface area contributed by atoms with Crippen LogP contribution in [0.1, 0.15) is 60.1 Å². The first-order valence-corrected chi connectivity index (χ1v) is 14.4. The maximum absolute atomic E-state index is 13.9. The minimum absolute atomic E-state index is 0.137. The van der Waals surface area contributed by atoms with Gasteiger partial charge in [-0.05, 0) is 72.4 Å². The van der Waals surface area contributed by atoms with Gasteiger partial charge in [-0.2, -0.15) is 0 Å². The lowest BCUT2D eigenvalue weighted by atomic mass is 9.69. The number of anilines is 1. The smallest absolute Gasteiger partial charge is 0.231 e. The summed E-state index contributed by atoms with van der Waals surface area (Å²) in [5.74, 6) is 0.381. The molecule has 9 nitrogen and oxygen atoms in total. The van der Waals surface area contributed by atoms with Gasteiger partial charge in [-0.25, -0.2) is 14.6 Å². The Morgan fingerprint density at radius 3 is 2.44 bits per heavy atom. The van der Waals surface area contributed by atoms with E-state index in [0.29, 0.717) is 18.9 Å². The molecule has 0 saturated carbocycles. The Labute approximate surface area is 252 Å². The molecule has 1 unspecified atom stereocenters. The lowest BCUT2D eigenvalue weighted by Gasteiger charge is -2.35. The van der Waals surface area contributed by atoms with E-state index in [0.717, 1.165) is 56.7 Å². The number of rotatable bonds is 11. The highest BCUT2D eigenvalue weighted by molar-refractivity contribution is 5.96. The predicted molar refractivity (Wildman–Crippen MR) is 167 cm³/mol. The molecule has 9 heteroatoms. The van der Waals surface area contributed by atoms with Crippen LogP contribution in [0.4, 0.5) is 5.69 Å². The summed E-state index contributed by atoms with van der Waals surface area (Å²) in [5, 5.41) is 11.9. The number of methoxy groups -OCH3 is 1. The maximum atomic E-state index is 13.9. The molecule has 222 valence electrons. The van der Waals surface area contributed by atoms with Crippen molar-refractivity contribution < 1.29 is 14.3 Å². The summed E-state index contributed by atoms with van der Waals surface area (Å²) in [6, 6.07) is 18.4. The molecular formula is C34H38N6O3. The molecule has 0 saturated heterocycles. The number of nitrogens with one attached hydrogen (secondary N) is 1. The standard InChI is InChI=1S/C34H38N6O3/c1-7-40-30-15-14-29(23(3)32(30)38-39-40)31(34(4,5)33(41)37-27-17-35-21-36-18-27)25-11-8-22(2)26(16-25)20-43-19-24-9-12-28(42-6)13-10-24/h8-18,21,31H,7,19-20H2,1-6H3,(H,37,41). The summed E-state index contributed by atoms with van der Waals surface area (Å²) in [6.07, 6.45) is 4.64. The Morgan fingerprint density at radius 2 is 1.74 bits per heavy atom. The first kappa shape index (κ1) is 29.8. The average molecular weight is 579 g/mol. The Morgan fingerprint density at radius 1 is 1.00 bits per heavy atom. The van der Waals surface area contributed by atoms with Crippen LogP contribution in [0, 0.1) is 19.3 Å². The molecule has 3 aromatic carbocycles. The van der Waals surface area contributed by atoms with Gasteiger partial charge in [0.2, 0.25) is 5.91 Å². The molecule has 2 aromatic heterocycles. The average Bonchev–Trinajstić information content (AvgIpc) is 3.44. The summed E-state index contributed by atoms with van der Waals surface area (Å²) in [4.78, 5) is 22.1. The van der Waals surface area contributed by atoms with Gasteiger partial charge in [0, 0.05) is 12.5 Å². The molecular weight excluding hydrogens is 540 g/mol. The number of amides is 1. The number of carbonyl (C=O) groups is 1. The third kappa shape index (κ3) is 6.27. The van der Waals surface area contributed by atoms with Crippen LogP contribution >= 0.6 is 0 Å². The zero-order chi connectivity index (χ0) is 30.6. The second-order valence-electron chi connectivity index (χ2n) is 11.3. The second kappa shape index (κ2) is 12.7. The summed E-state index contributed by atoms with van der Waals surface area (Å²) < 4.78 is 13.3. The Balaban J connectivity index is 1.51. The summed E-state index contributed by atoms with van der Waals surface area (Å²) in [7, 11) is 1.66. The van der Waals surface area contributed by atoms with Crippen molar-refractivity contribution in [2.75, 3.05) is 12.4 Å². The van der Waals surface area contributed by atoms with Crippen LogP contribution in [-0.2, 0) is 29.3 Å². The van der Waals surface area contributed by atoms with Crippen molar-refractivity contribution in [2.24, 2.45) is 5.41 Å². The molecule has 5 rings (SSSR count). The van der Waals surface area contributed by atoms with E-state index in [4.69, 9.17) is 9.47 Å². The van der Waals surface area contributed by atoms with Gasteiger partial charge < -0.3 is 14.8 Å². The lowest BCUT2D eigenvalue weighted by molar-refractivity contribution is -0.124. The van der Waals surface area contributed by atoms with Crippen LogP contribution in [0.2, 0.25) is 0 Å². The van der Waals surface area contributed by atoms with Crippen LogP contribution < -0.4 is 10.1 Å². The predicted octanol–water partition coefficient (Wildman–Crippen LogP) is 6.38. The number of fused-ring (bicyclic) bond motifs is 1. The molecule has 0 aliphatic carbocycles. The lowest BCUT2D eigenvalue weighted by Crippen LogP contribution is -2.37. The fourth-order valence-corrected chi connectivity index (χ4v) is 5.53. The highest BCUT2D eigenvalue weighted by Gasteiger charge is 2.40. The van der Waals surface area contributed by atoms with E-state index >= 15 is 0 Å². The van der Waals surface area contributed by atoms with Gasteiger partial charge in [0.05, 0.1) is 49.3 Å². The number of aryl methyl sites for hydroxylation is 3. The van der Waals surface area contributed by atoms with Crippen molar-refractivity contribution in [2.45, 2.75) is 60.3 Å². The Kier molecular flexibility index (Phi) is 8.82. The number of carbonyl (C=O) groups excluding carboxylic acids is 1. The van der Waals surface area contributed by atoms with Crippen LogP contribution in [0.15, 0.2) is 73.3 Å². The maximum Gasteiger partial charge on any atom is 0.231 e. The molecule has 43 heavy (non-hydrogen) atoms. The molecule has 0 aliphatic rings. The first-order valence-electron chi connectivity index (χ1n) is 14.4. The van der Waals surface area contributed by atoms with Gasteiger partial charge >= 0.3 is 0 Å². The van der Waals surface area contributed by atoms with Crippen molar-refractivity contribution in [3.63, 3.8) is 0 Å². The highest BCUT2D eigenvalue weighted by atomic mass is 16.5. The third-order valence-electron chi connectivity index (χ3n) is 8.11. The molecule has 5 aromatic rings. The topological polar surface area (TPSA) is 104 Å². The van der Waals surface area contributed by atoms with Crippen LogP contribution in [-0.4, -0.2) is 38.0 Å². The number of hydrogen-bond acceptors (Lipinski definition) is 7. The SMILES string of the molecule is CCn1nnc2c(C)c(C(c3ccc(C)c(COCc4ccc(OC)cc4)c3)C(C)(C)C(=O)Nc3cncnc3)ccc21. The van der Waals surface area contributed by atoms with Crippen LogP contribution in [0.5, 0.6) is 5.75 Å². The van der Waals surface area contributed by atoms with Gasteiger partial charge in [-0.15, -0.1) is 5.10 Å². The number of benzene rings is 3. The number of aromatic nitrogens is 5. The van der Waals surface area contributed by atoms with E-state index in [1.165, 1.54) is 6.33 Å². The van der Waals surface area contributed by atoms with Gasteiger partial charge in [-0.3, -0.25) is 4.79 Å².